The lowest BCUT2D eigenvalue weighted by molar-refractivity contribution is -0.137. The zero-order chi connectivity index (χ0) is 21.7. The van der Waals surface area contributed by atoms with Gasteiger partial charge in [-0.1, -0.05) is 36.4 Å². The molecule has 2 aromatic carbocycles. The fourth-order valence-electron chi connectivity index (χ4n) is 2.64. The first-order valence-electron chi connectivity index (χ1n) is 8.82. The van der Waals surface area contributed by atoms with Crippen molar-refractivity contribution in [1.82, 2.24) is 5.32 Å². The van der Waals surface area contributed by atoms with E-state index in [0.717, 1.165) is 23.8 Å². The third-order valence-corrected chi connectivity index (χ3v) is 5.28. The number of carbonyl (C=O) groups is 2. The first-order chi connectivity index (χ1) is 14.2. The van der Waals surface area contributed by atoms with Gasteiger partial charge in [-0.25, -0.2) is 0 Å². The monoisotopic (exact) mass is 434 g/mol. The van der Waals surface area contributed by atoms with E-state index in [2.05, 4.69) is 10.6 Å². The minimum Gasteiger partial charge on any atom is -0.383 e. The molecule has 0 saturated heterocycles. The summed E-state index contributed by atoms with van der Waals surface area (Å²) < 4.78 is 38.2. The van der Waals surface area contributed by atoms with Gasteiger partial charge in [0, 0.05) is 15.4 Å². The minimum absolute atomic E-state index is 0.0427. The Labute approximate surface area is 174 Å². The highest BCUT2D eigenvalue weighted by atomic mass is 32.1. The van der Waals surface area contributed by atoms with Crippen LogP contribution in [0.4, 0.5) is 18.9 Å². The molecule has 0 bridgehead atoms. The number of hydrogen-bond acceptors (Lipinski definition) is 4. The Hall–Kier alpha value is -3.17. The van der Waals surface area contributed by atoms with Gasteiger partial charge in [-0.15, -0.1) is 11.3 Å². The molecule has 3 rings (SSSR count). The molecule has 0 aliphatic heterocycles. The van der Waals surface area contributed by atoms with Crippen molar-refractivity contribution in [3.63, 3.8) is 0 Å². The predicted molar refractivity (Wildman–Crippen MR) is 107 cm³/mol. The van der Waals surface area contributed by atoms with Gasteiger partial charge in [-0.3, -0.25) is 9.59 Å². The summed E-state index contributed by atoms with van der Waals surface area (Å²) in [4.78, 5) is 25.3. The summed E-state index contributed by atoms with van der Waals surface area (Å²) in [5.41, 5.74) is -0.325. The van der Waals surface area contributed by atoms with E-state index in [1.165, 1.54) is 17.4 Å². The van der Waals surface area contributed by atoms with Crippen molar-refractivity contribution in [2.24, 2.45) is 0 Å². The van der Waals surface area contributed by atoms with Crippen molar-refractivity contribution in [3.8, 4) is 0 Å². The summed E-state index contributed by atoms with van der Waals surface area (Å²) >= 11 is 1.28. The number of anilines is 1. The van der Waals surface area contributed by atoms with Crippen LogP contribution in [0, 0.1) is 0 Å². The summed E-state index contributed by atoms with van der Waals surface area (Å²) in [6.07, 6.45) is -5.35. The molecule has 0 spiro atoms. The summed E-state index contributed by atoms with van der Waals surface area (Å²) in [6.45, 7) is 0.0427. The van der Waals surface area contributed by atoms with Crippen LogP contribution in [0.3, 0.4) is 0 Å². The van der Waals surface area contributed by atoms with E-state index in [1.807, 2.05) is 18.2 Å². The van der Waals surface area contributed by atoms with Crippen molar-refractivity contribution < 1.29 is 27.9 Å². The molecule has 1 aromatic heterocycles. The van der Waals surface area contributed by atoms with Crippen LogP contribution < -0.4 is 10.6 Å². The molecule has 1 atom stereocenters. The highest BCUT2D eigenvalue weighted by Crippen LogP contribution is 2.31. The van der Waals surface area contributed by atoms with Crippen LogP contribution in [0.25, 0.3) is 0 Å². The fraction of sp³-hybridized carbons (Fsp3) is 0.143. The molecule has 1 unspecified atom stereocenters. The van der Waals surface area contributed by atoms with Crippen LogP contribution in [0.15, 0.2) is 66.7 Å². The van der Waals surface area contributed by atoms with Crippen LogP contribution in [-0.2, 0) is 22.3 Å². The zero-order valence-corrected chi connectivity index (χ0v) is 16.3. The number of hydrogen-bond donors (Lipinski definition) is 3. The molecule has 1 heterocycles. The molecule has 3 aromatic rings. The topological polar surface area (TPSA) is 78.4 Å². The van der Waals surface area contributed by atoms with E-state index in [9.17, 15) is 27.9 Å². The van der Waals surface area contributed by atoms with Crippen LogP contribution in [-0.4, -0.2) is 16.9 Å². The van der Waals surface area contributed by atoms with E-state index in [0.29, 0.717) is 9.75 Å². The van der Waals surface area contributed by atoms with Gasteiger partial charge in [-0.2, -0.15) is 13.2 Å². The summed E-state index contributed by atoms with van der Waals surface area (Å²) in [6, 6.07) is 16.5. The zero-order valence-electron chi connectivity index (χ0n) is 15.4. The molecule has 9 heteroatoms. The van der Waals surface area contributed by atoms with Gasteiger partial charge in [0.05, 0.1) is 12.1 Å². The lowest BCUT2D eigenvalue weighted by Crippen LogP contribution is -2.34. The maximum Gasteiger partial charge on any atom is 0.416 e. The Morgan fingerprint density at radius 3 is 2.40 bits per heavy atom. The standard InChI is InChI=1S/C21H17F3N2O3S/c22-21(23,24)14-7-4-8-15(11-14)26-20(29)19(28)25-12-16-9-10-17(30-16)18(27)13-5-2-1-3-6-13/h1-11,18,27H,12H2,(H,25,28)(H,26,29). The second kappa shape index (κ2) is 9.10. The van der Waals surface area contributed by atoms with Crippen LogP contribution >= 0.6 is 11.3 Å². The summed E-state index contributed by atoms with van der Waals surface area (Å²) in [5.74, 6) is -2.05. The van der Waals surface area contributed by atoms with E-state index in [4.69, 9.17) is 0 Å². The maximum absolute atomic E-state index is 12.7. The number of carbonyl (C=O) groups excluding carboxylic acids is 2. The highest BCUT2D eigenvalue weighted by molar-refractivity contribution is 7.12. The summed E-state index contributed by atoms with van der Waals surface area (Å²) in [7, 11) is 0. The van der Waals surface area contributed by atoms with Crippen molar-refractivity contribution in [2.45, 2.75) is 18.8 Å². The lowest BCUT2D eigenvalue weighted by Gasteiger charge is -2.10. The number of rotatable bonds is 5. The first kappa shape index (κ1) is 21.5. The van der Waals surface area contributed by atoms with Crippen LogP contribution in [0.5, 0.6) is 0 Å². The largest absolute Gasteiger partial charge is 0.416 e. The molecule has 156 valence electrons. The second-order valence-corrected chi connectivity index (χ2v) is 7.53. The highest BCUT2D eigenvalue weighted by Gasteiger charge is 2.30. The van der Waals surface area contributed by atoms with Crippen molar-refractivity contribution >= 4 is 28.8 Å². The lowest BCUT2D eigenvalue weighted by atomic mass is 10.1. The number of halogens is 3. The molecule has 0 aliphatic carbocycles. The quantitative estimate of drug-likeness (QED) is 0.529. The van der Waals surface area contributed by atoms with E-state index in [1.54, 1.807) is 24.3 Å². The Kier molecular flexibility index (Phi) is 6.53. The Morgan fingerprint density at radius 2 is 1.70 bits per heavy atom. The van der Waals surface area contributed by atoms with Gasteiger partial charge in [0.1, 0.15) is 6.10 Å². The fourth-order valence-corrected chi connectivity index (χ4v) is 3.61. The third-order valence-electron chi connectivity index (χ3n) is 4.14. The first-order valence-corrected chi connectivity index (χ1v) is 9.64. The van der Waals surface area contributed by atoms with Crippen LogP contribution in [0.2, 0.25) is 0 Å². The van der Waals surface area contributed by atoms with E-state index >= 15 is 0 Å². The number of benzene rings is 2. The molecule has 5 nitrogen and oxygen atoms in total. The normalized spacial score (nSPS) is 12.3. The maximum atomic E-state index is 12.7. The SMILES string of the molecule is O=C(NCc1ccc(C(O)c2ccccc2)s1)C(=O)Nc1cccc(C(F)(F)F)c1. The van der Waals surface area contributed by atoms with Gasteiger partial charge >= 0.3 is 18.0 Å². The van der Waals surface area contributed by atoms with Gasteiger partial charge in [0.25, 0.3) is 0 Å². The molecule has 0 radical (unpaired) electrons. The minimum atomic E-state index is -4.55. The molecule has 30 heavy (non-hydrogen) atoms. The average Bonchev–Trinajstić information content (AvgIpc) is 3.20. The number of alkyl halides is 3. The second-order valence-electron chi connectivity index (χ2n) is 6.33. The Bertz CT molecular complexity index is 1040. The number of amides is 2. The van der Waals surface area contributed by atoms with Gasteiger partial charge in [0.2, 0.25) is 0 Å². The average molecular weight is 434 g/mol. The molecule has 2 amide bonds. The number of aliphatic hydroxyl groups excluding tert-OH is 1. The Morgan fingerprint density at radius 1 is 0.967 bits per heavy atom. The smallest absolute Gasteiger partial charge is 0.383 e. The number of thiophene rings is 1. The summed E-state index contributed by atoms with van der Waals surface area (Å²) in [5, 5.41) is 15.0. The number of aliphatic hydroxyl groups is 1. The van der Waals surface area contributed by atoms with Crippen LogP contribution in [0.1, 0.15) is 27.0 Å². The van der Waals surface area contributed by atoms with Gasteiger partial charge in [-0.05, 0) is 35.9 Å². The molecule has 0 fully saturated rings. The molecule has 3 N–H and O–H groups in total. The predicted octanol–water partition coefficient (Wildman–Crippen LogP) is 4.10. The number of nitrogens with one attached hydrogen (secondary N) is 2. The Balaban J connectivity index is 1.56. The molecule has 0 saturated carbocycles. The van der Waals surface area contributed by atoms with E-state index < -0.39 is 29.7 Å². The van der Waals surface area contributed by atoms with Crippen molar-refractivity contribution in [1.29, 1.82) is 0 Å². The van der Waals surface area contributed by atoms with Crippen molar-refractivity contribution in [2.75, 3.05) is 5.32 Å². The van der Waals surface area contributed by atoms with Crippen molar-refractivity contribution in [3.05, 3.63) is 87.6 Å². The van der Waals surface area contributed by atoms with E-state index in [-0.39, 0.29) is 12.2 Å². The molecular formula is C21H17F3N2O3S. The van der Waals surface area contributed by atoms with Gasteiger partial charge < -0.3 is 15.7 Å². The third kappa shape index (κ3) is 5.46. The van der Waals surface area contributed by atoms with Gasteiger partial charge in [0.15, 0.2) is 0 Å². The molecular weight excluding hydrogens is 417 g/mol. The molecule has 0 aliphatic rings.